The molecule has 1 saturated heterocycles. The van der Waals surface area contributed by atoms with Crippen LogP contribution in [0.3, 0.4) is 0 Å². The number of nitrogens with zero attached hydrogens (tertiary/aromatic N) is 4. The van der Waals surface area contributed by atoms with Gasteiger partial charge in [-0.05, 0) is 54.4 Å². The third-order valence-electron chi connectivity index (χ3n) is 4.74. The zero-order valence-corrected chi connectivity index (χ0v) is 21.5. The van der Waals surface area contributed by atoms with Crippen LogP contribution in [-0.4, -0.2) is 71.7 Å². The van der Waals surface area contributed by atoms with Crippen LogP contribution in [0.15, 0.2) is 40.3 Å². The van der Waals surface area contributed by atoms with Crippen LogP contribution in [0, 0.1) is 6.92 Å². The summed E-state index contributed by atoms with van der Waals surface area (Å²) in [5.41, 5.74) is 6.31. The predicted octanol–water partition coefficient (Wildman–Crippen LogP) is 1.38. The molecule has 0 atom stereocenters. The lowest BCUT2D eigenvalue weighted by molar-refractivity contribution is -0.249. The third-order valence-corrected chi connectivity index (χ3v) is 6.91. The van der Waals surface area contributed by atoms with Gasteiger partial charge in [-0.15, -0.1) is 0 Å². The average Bonchev–Trinajstić information content (AvgIpc) is 2.78. The summed E-state index contributed by atoms with van der Waals surface area (Å²) >= 11 is 3.22. The van der Waals surface area contributed by atoms with Crippen LogP contribution in [-0.2, 0) is 25.7 Å². The first-order chi connectivity index (χ1) is 16.0. The van der Waals surface area contributed by atoms with E-state index in [4.69, 9.17) is 9.47 Å². The van der Waals surface area contributed by atoms with Crippen LogP contribution in [0.2, 0.25) is 0 Å². The number of sulfone groups is 1. The highest BCUT2D eigenvalue weighted by Crippen LogP contribution is 2.18. The quantitative estimate of drug-likeness (QED) is 0.224. The van der Waals surface area contributed by atoms with Crippen molar-refractivity contribution in [3.05, 3.63) is 52.3 Å². The van der Waals surface area contributed by atoms with Crippen LogP contribution in [0.25, 0.3) is 0 Å². The summed E-state index contributed by atoms with van der Waals surface area (Å²) in [6.45, 7) is 5.92. The Morgan fingerprint density at radius 2 is 1.88 bits per heavy atom. The topological polar surface area (TPSA) is 145 Å². The Kier molecular flexibility index (Phi) is 8.68. The molecule has 1 fully saturated rings. The van der Waals surface area contributed by atoms with Crippen molar-refractivity contribution in [3.63, 3.8) is 0 Å². The van der Waals surface area contributed by atoms with E-state index in [1.165, 1.54) is 6.20 Å². The van der Waals surface area contributed by atoms with Crippen LogP contribution in [0.1, 0.15) is 35.6 Å². The number of pyridine rings is 1. The number of halogens is 1. The first-order valence-electron chi connectivity index (χ1n) is 10.5. The number of aryl methyl sites for hydroxylation is 2. The number of aliphatic imine (C=N–C) groups is 1. The van der Waals surface area contributed by atoms with E-state index in [0.717, 1.165) is 5.56 Å². The molecule has 1 aliphatic heterocycles. The molecule has 0 aliphatic carbocycles. The predicted molar refractivity (Wildman–Crippen MR) is 129 cm³/mol. The fraction of sp³-hybridized carbons (Fsp3) is 0.476. The normalized spacial score (nSPS) is 16.8. The molecule has 0 unspecified atom stereocenters. The van der Waals surface area contributed by atoms with Gasteiger partial charge in [-0.25, -0.2) is 23.4 Å². The Hall–Kier alpha value is -2.48. The summed E-state index contributed by atoms with van der Waals surface area (Å²) in [5, 5.41) is 0. The van der Waals surface area contributed by atoms with Gasteiger partial charge in [0.1, 0.15) is 22.0 Å². The molecule has 0 aromatic carbocycles. The highest BCUT2D eigenvalue weighted by atomic mass is 79.9. The second kappa shape index (κ2) is 11.3. The maximum absolute atomic E-state index is 12.8. The summed E-state index contributed by atoms with van der Waals surface area (Å²) in [4.78, 5) is 29.3. The van der Waals surface area contributed by atoms with Gasteiger partial charge < -0.3 is 9.47 Å². The number of hydrogen-bond acceptors (Lipinski definition) is 9. The number of aromatic nitrogens is 3. The number of hydrogen-bond donors (Lipinski definition) is 2. The molecule has 34 heavy (non-hydrogen) atoms. The van der Waals surface area contributed by atoms with E-state index in [-0.39, 0.29) is 36.8 Å². The Bertz CT molecular complexity index is 1130. The van der Waals surface area contributed by atoms with Crippen molar-refractivity contribution in [1.29, 1.82) is 0 Å². The largest absolute Gasteiger partial charge is 0.348 e. The first kappa shape index (κ1) is 26.1. The molecule has 0 spiro atoms. The van der Waals surface area contributed by atoms with Gasteiger partial charge in [-0.3, -0.25) is 20.6 Å². The van der Waals surface area contributed by atoms with E-state index in [0.29, 0.717) is 10.4 Å². The molecular formula is C21H27BrN6O5S. The number of hydrazine groups is 1. The first-order valence-corrected chi connectivity index (χ1v) is 13.1. The molecule has 0 bridgehead atoms. The average molecular weight is 555 g/mol. The van der Waals surface area contributed by atoms with E-state index >= 15 is 0 Å². The van der Waals surface area contributed by atoms with E-state index < -0.39 is 33.3 Å². The smallest absolute Gasteiger partial charge is 0.272 e. The van der Waals surface area contributed by atoms with Crippen LogP contribution in [0.4, 0.5) is 0 Å². The van der Waals surface area contributed by atoms with Crippen LogP contribution < -0.4 is 10.9 Å². The molecule has 11 nitrogen and oxygen atoms in total. The molecule has 3 rings (SSSR count). The van der Waals surface area contributed by atoms with Crippen molar-refractivity contribution in [1.82, 2.24) is 25.8 Å². The zero-order chi connectivity index (χ0) is 24.8. The van der Waals surface area contributed by atoms with Gasteiger partial charge in [-0.1, -0.05) is 0 Å². The van der Waals surface area contributed by atoms with Gasteiger partial charge in [0.25, 0.3) is 5.91 Å². The monoisotopic (exact) mass is 554 g/mol. The number of nitrogens with one attached hydrogen (secondary N) is 2. The summed E-state index contributed by atoms with van der Waals surface area (Å²) in [6.07, 6.45) is 4.98. The fourth-order valence-corrected chi connectivity index (χ4v) is 4.54. The van der Waals surface area contributed by atoms with E-state index in [2.05, 4.69) is 46.7 Å². The van der Waals surface area contributed by atoms with E-state index in [1.54, 1.807) is 38.4 Å². The Balaban J connectivity index is 1.70. The van der Waals surface area contributed by atoms with Gasteiger partial charge in [0, 0.05) is 25.0 Å². The Morgan fingerprint density at radius 3 is 2.53 bits per heavy atom. The Labute approximate surface area is 206 Å². The third kappa shape index (κ3) is 8.08. The molecule has 1 aliphatic rings. The maximum Gasteiger partial charge on any atom is 0.272 e. The number of carbonyl (C=O) groups is 1. The summed E-state index contributed by atoms with van der Waals surface area (Å²) in [6, 6.07) is 2.76. The van der Waals surface area contributed by atoms with Crippen LogP contribution >= 0.6 is 15.9 Å². The minimum atomic E-state index is -3.61. The highest BCUT2D eigenvalue weighted by Gasteiger charge is 2.29. The van der Waals surface area contributed by atoms with Crippen molar-refractivity contribution < 1.29 is 22.7 Å². The Morgan fingerprint density at radius 1 is 1.21 bits per heavy atom. The number of carbonyl (C=O) groups excluding carboxylic acids is 1. The molecule has 0 saturated carbocycles. The highest BCUT2D eigenvalue weighted by molar-refractivity contribution is 9.10. The van der Waals surface area contributed by atoms with Crippen molar-refractivity contribution in [2.45, 2.75) is 39.0 Å². The maximum atomic E-state index is 12.8. The lowest BCUT2D eigenvalue weighted by Crippen LogP contribution is -2.47. The molecule has 3 heterocycles. The molecule has 2 aromatic heterocycles. The van der Waals surface area contributed by atoms with Gasteiger partial charge in [0.2, 0.25) is 0 Å². The van der Waals surface area contributed by atoms with Crippen molar-refractivity contribution in [3.8, 4) is 0 Å². The molecule has 2 aromatic rings. The molecular weight excluding hydrogens is 528 g/mol. The molecule has 13 heteroatoms. The summed E-state index contributed by atoms with van der Waals surface area (Å²) in [5.74, 6) is -1.34. The summed E-state index contributed by atoms with van der Waals surface area (Å²) in [7, 11) is -3.61. The minimum Gasteiger partial charge on any atom is -0.348 e. The van der Waals surface area contributed by atoms with Crippen molar-refractivity contribution in [2.75, 3.05) is 24.7 Å². The molecule has 0 radical (unpaired) electrons. The van der Waals surface area contributed by atoms with Gasteiger partial charge in [-0.2, -0.15) is 0 Å². The SMILES string of the molecule is Cc1cnc(CCS(=O)(=O)CC(=NC2COC(C)(C)OC2)NNC(=O)c2cccnc2Br)nc1. The standard InChI is InChI=1S/C21H27BrN6O5S/c1-14-9-24-17(25-10-14)6-8-34(30,31)13-18(26-15-11-32-21(2,3)33-12-15)27-28-20(29)16-5-4-7-23-19(16)22/h4-5,7,9-10,15H,6,8,11-13H2,1-3H3,(H,26,27)(H,28,29). The molecule has 2 N–H and O–H groups in total. The zero-order valence-electron chi connectivity index (χ0n) is 19.1. The van der Waals surface area contributed by atoms with Crippen LogP contribution in [0.5, 0.6) is 0 Å². The number of amides is 1. The second-order valence-electron chi connectivity index (χ2n) is 8.19. The molecule has 1 amide bonds. The van der Waals surface area contributed by atoms with Gasteiger partial charge in [0.15, 0.2) is 15.6 Å². The van der Waals surface area contributed by atoms with Gasteiger partial charge >= 0.3 is 0 Å². The number of rotatable bonds is 7. The number of ether oxygens (including phenoxy) is 2. The van der Waals surface area contributed by atoms with E-state index in [1.807, 2.05) is 6.92 Å². The minimum absolute atomic E-state index is 0.0649. The lowest BCUT2D eigenvalue weighted by atomic mass is 10.2. The molecule has 184 valence electrons. The van der Waals surface area contributed by atoms with Crippen molar-refractivity contribution in [2.24, 2.45) is 4.99 Å². The van der Waals surface area contributed by atoms with E-state index in [9.17, 15) is 13.2 Å². The summed E-state index contributed by atoms with van der Waals surface area (Å²) < 4.78 is 37.2. The number of amidine groups is 1. The second-order valence-corrected chi connectivity index (χ2v) is 11.1. The lowest BCUT2D eigenvalue weighted by Gasteiger charge is -2.33. The van der Waals surface area contributed by atoms with Gasteiger partial charge in [0.05, 0.1) is 30.6 Å². The van der Waals surface area contributed by atoms with Crippen molar-refractivity contribution >= 4 is 37.5 Å². The fourth-order valence-electron chi connectivity index (χ4n) is 2.91.